The maximum atomic E-state index is 11.8. The molecular formula is C10H14ClN3O2S. The predicted octanol–water partition coefficient (Wildman–Crippen LogP) is 0.814. The van der Waals surface area contributed by atoms with Crippen molar-refractivity contribution in [2.45, 2.75) is 13.0 Å². The number of hydrogen-bond donors (Lipinski definition) is 2. The van der Waals surface area contributed by atoms with Crippen LogP contribution in [-0.2, 0) is 10.8 Å². The third kappa shape index (κ3) is 4.70. The van der Waals surface area contributed by atoms with Gasteiger partial charge in [0.15, 0.2) is 0 Å². The average Bonchev–Trinajstić information content (AvgIpc) is 2.14. The topological polar surface area (TPSA) is 85.1 Å². The monoisotopic (exact) mass is 275 g/mol. The molecule has 17 heavy (non-hydrogen) atoms. The quantitative estimate of drug-likeness (QED) is 0.797. The number of nitrogens with zero attached hydrogens (tertiary/aromatic N) is 1. The van der Waals surface area contributed by atoms with Crippen molar-refractivity contribution in [3.05, 3.63) is 22.8 Å². The number of amides is 1. The van der Waals surface area contributed by atoms with Gasteiger partial charge in [-0.2, -0.15) is 0 Å². The first kappa shape index (κ1) is 13.9. The molecule has 7 heteroatoms. The lowest BCUT2D eigenvalue weighted by molar-refractivity contribution is 0.0943. The highest BCUT2D eigenvalue weighted by Crippen LogP contribution is 2.12. The largest absolute Gasteiger partial charge is 0.384 e. The van der Waals surface area contributed by atoms with E-state index in [-0.39, 0.29) is 22.9 Å². The first-order chi connectivity index (χ1) is 7.88. The van der Waals surface area contributed by atoms with Gasteiger partial charge in [0.05, 0.1) is 0 Å². The van der Waals surface area contributed by atoms with Gasteiger partial charge in [-0.25, -0.2) is 4.98 Å². The zero-order valence-corrected chi connectivity index (χ0v) is 11.1. The standard InChI is InChI=1S/C10H14ClN3O2S/c1-6(5-17(2)16)13-10(15)7-3-8(11)14-9(12)4-7/h3-4,6H,5H2,1-2H3,(H2,12,14)(H,13,15). The van der Waals surface area contributed by atoms with Crippen molar-refractivity contribution in [1.82, 2.24) is 10.3 Å². The molecule has 1 aromatic rings. The summed E-state index contributed by atoms with van der Waals surface area (Å²) >= 11 is 5.70. The van der Waals surface area contributed by atoms with Gasteiger partial charge in [-0.15, -0.1) is 0 Å². The second kappa shape index (κ2) is 5.97. The SMILES string of the molecule is CC(CS(C)=O)NC(=O)c1cc(N)nc(Cl)c1. The zero-order chi connectivity index (χ0) is 13.0. The third-order valence-corrected chi connectivity index (χ3v) is 3.10. The molecular weight excluding hydrogens is 262 g/mol. The van der Waals surface area contributed by atoms with Gasteiger partial charge in [0.25, 0.3) is 5.91 Å². The number of halogens is 1. The number of pyridine rings is 1. The van der Waals surface area contributed by atoms with E-state index in [9.17, 15) is 9.00 Å². The van der Waals surface area contributed by atoms with Gasteiger partial charge in [0.1, 0.15) is 11.0 Å². The molecule has 0 spiro atoms. The molecule has 0 bridgehead atoms. The normalized spacial score (nSPS) is 14.1. The Morgan fingerprint density at radius 2 is 2.29 bits per heavy atom. The van der Waals surface area contributed by atoms with Gasteiger partial charge in [-0.1, -0.05) is 11.6 Å². The van der Waals surface area contributed by atoms with Crippen molar-refractivity contribution in [1.29, 1.82) is 0 Å². The first-order valence-electron chi connectivity index (χ1n) is 4.92. The van der Waals surface area contributed by atoms with Crippen LogP contribution in [0.15, 0.2) is 12.1 Å². The van der Waals surface area contributed by atoms with Crippen LogP contribution in [0.1, 0.15) is 17.3 Å². The number of carbonyl (C=O) groups is 1. The highest BCUT2D eigenvalue weighted by molar-refractivity contribution is 7.84. The Morgan fingerprint density at radius 3 is 2.82 bits per heavy atom. The van der Waals surface area contributed by atoms with Gasteiger partial charge in [-0.3, -0.25) is 9.00 Å². The smallest absolute Gasteiger partial charge is 0.251 e. The number of nitrogen functional groups attached to an aromatic ring is 1. The molecule has 3 N–H and O–H groups in total. The van der Waals surface area contributed by atoms with E-state index in [1.165, 1.54) is 12.1 Å². The van der Waals surface area contributed by atoms with E-state index in [1.807, 2.05) is 0 Å². The zero-order valence-electron chi connectivity index (χ0n) is 9.57. The van der Waals surface area contributed by atoms with E-state index in [0.717, 1.165) is 0 Å². The van der Waals surface area contributed by atoms with E-state index in [0.29, 0.717) is 11.3 Å². The fraction of sp³-hybridized carbons (Fsp3) is 0.400. The molecule has 0 saturated carbocycles. The molecule has 0 aromatic carbocycles. The average molecular weight is 276 g/mol. The van der Waals surface area contributed by atoms with Crippen LogP contribution in [0.2, 0.25) is 5.15 Å². The minimum Gasteiger partial charge on any atom is -0.384 e. The molecule has 0 fully saturated rings. The molecule has 0 aliphatic heterocycles. The second-order valence-corrected chi connectivity index (χ2v) is 5.58. The van der Waals surface area contributed by atoms with Gasteiger partial charge < -0.3 is 11.1 Å². The maximum Gasteiger partial charge on any atom is 0.251 e. The van der Waals surface area contributed by atoms with E-state index < -0.39 is 10.8 Å². The Hall–Kier alpha value is -1.14. The summed E-state index contributed by atoms with van der Waals surface area (Å²) in [5.41, 5.74) is 5.83. The van der Waals surface area contributed by atoms with Crippen molar-refractivity contribution in [3.63, 3.8) is 0 Å². The first-order valence-corrected chi connectivity index (χ1v) is 7.03. The van der Waals surface area contributed by atoms with E-state index in [2.05, 4.69) is 10.3 Å². The van der Waals surface area contributed by atoms with Crippen LogP contribution in [-0.4, -0.2) is 33.2 Å². The summed E-state index contributed by atoms with van der Waals surface area (Å²) in [4.78, 5) is 15.5. The molecule has 5 nitrogen and oxygen atoms in total. The molecule has 1 amide bonds. The van der Waals surface area contributed by atoms with E-state index in [4.69, 9.17) is 17.3 Å². The van der Waals surface area contributed by atoms with Crippen molar-refractivity contribution in [3.8, 4) is 0 Å². The van der Waals surface area contributed by atoms with Crippen LogP contribution in [0.5, 0.6) is 0 Å². The molecule has 1 heterocycles. The highest BCUT2D eigenvalue weighted by atomic mass is 35.5. The summed E-state index contributed by atoms with van der Waals surface area (Å²) < 4.78 is 11.0. The molecule has 94 valence electrons. The van der Waals surface area contributed by atoms with E-state index in [1.54, 1.807) is 13.2 Å². The summed E-state index contributed by atoms with van der Waals surface area (Å²) in [6.07, 6.45) is 1.59. The summed E-state index contributed by atoms with van der Waals surface area (Å²) in [6, 6.07) is 2.70. The van der Waals surface area contributed by atoms with Crippen molar-refractivity contribution in [2.24, 2.45) is 0 Å². The lowest BCUT2D eigenvalue weighted by Gasteiger charge is -2.12. The number of aromatic nitrogens is 1. The molecule has 0 aliphatic rings. The number of anilines is 1. The van der Waals surface area contributed by atoms with Crippen LogP contribution in [0.3, 0.4) is 0 Å². The molecule has 0 saturated heterocycles. The molecule has 1 rings (SSSR count). The van der Waals surface area contributed by atoms with Crippen LogP contribution in [0, 0.1) is 0 Å². The Kier molecular flexibility index (Phi) is 4.89. The van der Waals surface area contributed by atoms with Crippen LogP contribution >= 0.6 is 11.6 Å². The molecule has 0 aliphatic carbocycles. The van der Waals surface area contributed by atoms with Gasteiger partial charge >= 0.3 is 0 Å². The van der Waals surface area contributed by atoms with Gasteiger partial charge in [-0.05, 0) is 19.1 Å². The minimum absolute atomic E-state index is 0.168. The number of carbonyl (C=O) groups excluding carboxylic acids is 1. The third-order valence-electron chi connectivity index (χ3n) is 1.94. The predicted molar refractivity (Wildman–Crippen MR) is 69.5 cm³/mol. The molecule has 0 radical (unpaired) electrons. The van der Waals surface area contributed by atoms with Crippen LogP contribution < -0.4 is 11.1 Å². The summed E-state index contributed by atoms with van der Waals surface area (Å²) in [6.45, 7) is 1.78. The number of rotatable bonds is 4. The Balaban J connectivity index is 2.72. The Bertz CT molecular complexity index is 433. The highest BCUT2D eigenvalue weighted by Gasteiger charge is 2.12. The van der Waals surface area contributed by atoms with Gasteiger partial charge in [0, 0.05) is 34.4 Å². The number of nitrogens with two attached hydrogens (primary N) is 1. The number of hydrogen-bond acceptors (Lipinski definition) is 4. The van der Waals surface area contributed by atoms with Crippen LogP contribution in [0.4, 0.5) is 5.82 Å². The van der Waals surface area contributed by atoms with Crippen molar-refractivity contribution >= 4 is 34.1 Å². The lowest BCUT2D eigenvalue weighted by Crippen LogP contribution is -2.36. The minimum atomic E-state index is -0.955. The van der Waals surface area contributed by atoms with Crippen LogP contribution in [0.25, 0.3) is 0 Å². The summed E-state index contributed by atoms with van der Waals surface area (Å²) in [5, 5.41) is 2.88. The molecule has 1 aromatic heterocycles. The lowest BCUT2D eigenvalue weighted by atomic mass is 10.2. The summed E-state index contributed by atoms with van der Waals surface area (Å²) in [7, 11) is -0.955. The van der Waals surface area contributed by atoms with Crippen molar-refractivity contribution in [2.75, 3.05) is 17.7 Å². The summed E-state index contributed by atoms with van der Waals surface area (Å²) in [5.74, 6) is 0.286. The van der Waals surface area contributed by atoms with E-state index >= 15 is 0 Å². The fourth-order valence-corrected chi connectivity index (χ4v) is 2.35. The molecule has 2 atom stereocenters. The van der Waals surface area contributed by atoms with Gasteiger partial charge in [0.2, 0.25) is 0 Å². The fourth-order valence-electron chi connectivity index (χ4n) is 1.35. The molecule has 2 unspecified atom stereocenters. The number of nitrogens with one attached hydrogen (secondary N) is 1. The Morgan fingerprint density at radius 1 is 1.65 bits per heavy atom. The second-order valence-electron chi connectivity index (χ2n) is 3.72. The Labute approximate surface area is 107 Å². The van der Waals surface area contributed by atoms with Crippen molar-refractivity contribution < 1.29 is 9.00 Å². The maximum absolute atomic E-state index is 11.8.